The molecule has 66 valence electrons. The van der Waals surface area contributed by atoms with Crippen molar-refractivity contribution >= 4 is 0 Å². The molecule has 3 heteroatoms. The van der Waals surface area contributed by atoms with E-state index in [4.69, 9.17) is 5.73 Å². The van der Waals surface area contributed by atoms with E-state index < -0.39 is 0 Å². The standard InChI is InChI=1S/C9H15N3/c1-7(2)5-12-6-9(4-10)8(3)11-12/h6H,1,4-5,10H2,2-3H3. The predicted molar refractivity (Wildman–Crippen MR) is 49.7 cm³/mol. The van der Waals surface area contributed by atoms with Crippen molar-refractivity contribution in [1.29, 1.82) is 0 Å². The number of nitrogens with two attached hydrogens (primary N) is 1. The minimum absolute atomic E-state index is 0.558. The zero-order chi connectivity index (χ0) is 9.14. The molecule has 12 heavy (non-hydrogen) atoms. The molecule has 0 saturated heterocycles. The van der Waals surface area contributed by atoms with Crippen molar-refractivity contribution in [1.82, 2.24) is 9.78 Å². The Labute approximate surface area is 72.9 Å². The molecule has 0 aliphatic heterocycles. The van der Waals surface area contributed by atoms with Crippen LogP contribution in [0.2, 0.25) is 0 Å². The Morgan fingerprint density at radius 3 is 2.83 bits per heavy atom. The van der Waals surface area contributed by atoms with Crippen LogP contribution in [0.25, 0.3) is 0 Å². The van der Waals surface area contributed by atoms with Crippen LogP contribution >= 0.6 is 0 Å². The summed E-state index contributed by atoms with van der Waals surface area (Å²) in [5.41, 5.74) is 8.74. The van der Waals surface area contributed by atoms with Gasteiger partial charge >= 0.3 is 0 Å². The number of allylic oxidation sites excluding steroid dienone is 1. The first-order valence-corrected chi connectivity index (χ1v) is 4.01. The van der Waals surface area contributed by atoms with Gasteiger partial charge in [-0.15, -0.1) is 0 Å². The minimum Gasteiger partial charge on any atom is -0.326 e. The molecule has 1 aromatic heterocycles. The number of aromatic nitrogens is 2. The van der Waals surface area contributed by atoms with E-state index in [2.05, 4.69) is 11.7 Å². The monoisotopic (exact) mass is 165 g/mol. The maximum Gasteiger partial charge on any atom is 0.0638 e. The Morgan fingerprint density at radius 2 is 2.42 bits per heavy atom. The first-order valence-electron chi connectivity index (χ1n) is 4.01. The molecule has 0 unspecified atom stereocenters. The van der Waals surface area contributed by atoms with Gasteiger partial charge in [-0.3, -0.25) is 4.68 Å². The first-order chi connectivity index (χ1) is 5.63. The zero-order valence-electron chi connectivity index (χ0n) is 7.67. The summed E-state index contributed by atoms with van der Waals surface area (Å²) in [5, 5.41) is 4.30. The molecule has 0 aliphatic carbocycles. The minimum atomic E-state index is 0.558. The number of hydrogen-bond donors (Lipinski definition) is 1. The van der Waals surface area contributed by atoms with Gasteiger partial charge in [0.1, 0.15) is 0 Å². The van der Waals surface area contributed by atoms with Crippen LogP contribution in [-0.4, -0.2) is 9.78 Å². The van der Waals surface area contributed by atoms with Gasteiger partial charge in [0.05, 0.1) is 12.2 Å². The lowest BCUT2D eigenvalue weighted by Crippen LogP contribution is -1.99. The molecule has 3 nitrogen and oxygen atoms in total. The van der Waals surface area contributed by atoms with Gasteiger partial charge in [-0.25, -0.2) is 0 Å². The van der Waals surface area contributed by atoms with Gasteiger partial charge < -0.3 is 5.73 Å². The predicted octanol–water partition coefficient (Wildman–Crippen LogP) is 1.23. The molecule has 0 aromatic carbocycles. The van der Waals surface area contributed by atoms with E-state index in [0.717, 1.165) is 23.4 Å². The lowest BCUT2D eigenvalue weighted by Gasteiger charge is -1.97. The van der Waals surface area contributed by atoms with Crippen molar-refractivity contribution in [3.05, 3.63) is 29.6 Å². The SMILES string of the molecule is C=C(C)Cn1cc(CN)c(C)n1. The normalized spacial score (nSPS) is 10.2. The fraction of sp³-hybridized carbons (Fsp3) is 0.444. The van der Waals surface area contributed by atoms with E-state index >= 15 is 0 Å². The molecule has 1 rings (SSSR count). The van der Waals surface area contributed by atoms with Crippen LogP contribution in [0.1, 0.15) is 18.2 Å². The van der Waals surface area contributed by atoms with Crippen molar-refractivity contribution in [2.45, 2.75) is 26.9 Å². The molecule has 0 bridgehead atoms. The highest BCUT2D eigenvalue weighted by atomic mass is 15.3. The van der Waals surface area contributed by atoms with E-state index in [-0.39, 0.29) is 0 Å². The second kappa shape index (κ2) is 3.54. The smallest absolute Gasteiger partial charge is 0.0638 e. The molecule has 2 N–H and O–H groups in total. The van der Waals surface area contributed by atoms with Gasteiger partial charge in [-0.1, -0.05) is 12.2 Å². The summed E-state index contributed by atoms with van der Waals surface area (Å²) in [4.78, 5) is 0. The average molecular weight is 165 g/mol. The van der Waals surface area contributed by atoms with Crippen molar-refractivity contribution in [3.63, 3.8) is 0 Å². The second-order valence-corrected chi connectivity index (χ2v) is 3.10. The highest BCUT2D eigenvalue weighted by Gasteiger charge is 2.01. The van der Waals surface area contributed by atoms with Crippen molar-refractivity contribution < 1.29 is 0 Å². The number of rotatable bonds is 3. The lowest BCUT2D eigenvalue weighted by molar-refractivity contribution is 0.671. The Kier molecular flexibility index (Phi) is 2.65. The zero-order valence-corrected chi connectivity index (χ0v) is 7.67. The highest BCUT2D eigenvalue weighted by molar-refractivity contribution is 5.15. The quantitative estimate of drug-likeness (QED) is 0.684. The summed E-state index contributed by atoms with van der Waals surface area (Å²) in [7, 11) is 0. The Morgan fingerprint density at radius 1 is 1.75 bits per heavy atom. The lowest BCUT2D eigenvalue weighted by atomic mass is 10.3. The van der Waals surface area contributed by atoms with Crippen LogP contribution in [0.15, 0.2) is 18.3 Å². The van der Waals surface area contributed by atoms with Gasteiger partial charge in [0.2, 0.25) is 0 Å². The molecule has 0 saturated carbocycles. The summed E-state index contributed by atoms with van der Waals surface area (Å²) in [6.45, 7) is 9.11. The Balaban J connectivity index is 2.82. The molecular formula is C9H15N3. The summed E-state index contributed by atoms with van der Waals surface area (Å²) in [5.74, 6) is 0. The van der Waals surface area contributed by atoms with Crippen LogP contribution in [0, 0.1) is 6.92 Å². The molecule has 1 aromatic rings. The van der Waals surface area contributed by atoms with Gasteiger partial charge in [0.25, 0.3) is 0 Å². The number of hydrogen-bond acceptors (Lipinski definition) is 2. The topological polar surface area (TPSA) is 43.8 Å². The molecule has 0 fully saturated rings. The van der Waals surface area contributed by atoms with E-state index in [1.54, 1.807) is 0 Å². The third-order valence-electron chi connectivity index (χ3n) is 1.70. The fourth-order valence-electron chi connectivity index (χ4n) is 1.12. The number of nitrogens with zero attached hydrogens (tertiary/aromatic N) is 2. The summed E-state index contributed by atoms with van der Waals surface area (Å²) in [6.07, 6.45) is 1.98. The maximum absolute atomic E-state index is 5.52. The third-order valence-corrected chi connectivity index (χ3v) is 1.70. The summed E-state index contributed by atoms with van der Waals surface area (Å²) < 4.78 is 1.87. The van der Waals surface area contributed by atoms with Gasteiger partial charge in [-0.2, -0.15) is 5.10 Å². The van der Waals surface area contributed by atoms with Crippen LogP contribution in [0.3, 0.4) is 0 Å². The summed E-state index contributed by atoms with van der Waals surface area (Å²) >= 11 is 0. The highest BCUT2D eigenvalue weighted by Crippen LogP contribution is 2.05. The van der Waals surface area contributed by atoms with Gasteiger partial charge in [-0.05, 0) is 13.8 Å². The first kappa shape index (κ1) is 9.00. The Hall–Kier alpha value is -1.09. The average Bonchev–Trinajstić information content (AvgIpc) is 2.29. The van der Waals surface area contributed by atoms with Crippen LogP contribution < -0.4 is 5.73 Å². The van der Waals surface area contributed by atoms with Gasteiger partial charge in [0, 0.05) is 18.3 Å². The maximum atomic E-state index is 5.52. The second-order valence-electron chi connectivity index (χ2n) is 3.10. The van der Waals surface area contributed by atoms with Crippen molar-refractivity contribution in [2.75, 3.05) is 0 Å². The van der Waals surface area contributed by atoms with E-state index in [9.17, 15) is 0 Å². The van der Waals surface area contributed by atoms with Crippen LogP contribution in [0.5, 0.6) is 0 Å². The molecule has 1 heterocycles. The molecule has 0 amide bonds. The Bertz CT molecular complexity index is 286. The molecule has 0 atom stereocenters. The van der Waals surface area contributed by atoms with Gasteiger partial charge in [0.15, 0.2) is 0 Å². The van der Waals surface area contributed by atoms with E-state index in [1.807, 2.05) is 24.7 Å². The summed E-state index contributed by atoms with van der Waals surface area (Å²) in [6, 6.07) is 0. The van der Waals surface area contributed by atoms with Crippen LogP contribution in [-0.2, 0) is 13.1 Å². The third kappa shape index (κ3) is 1.95. The molecule has 0 spiro atoms. The fourth-order valence-corrected chi connectivity index (χ4v) is 1.12. The van der Waals surface area contributed by atoms with E-state index in [1.165, 1.54) is 0 Å². The largest absolute Gasteiger partial charge is 0.326 e. The van der Waals surface area contributed by atoms with Crippen LogP contribution in [0.4, 0.5) is 0 Å². The molecular weight excluding hydrogens is 150 g/mol. The molecule has 0 radical (unpaired) electrons. The van der Waals surface area contributed by atoms with Crippen molar-refractivity contribution in [2.24, 2.45) is 5.73 Å². The molecule has 0 aliphatic rings. The van der Waals surface area contributed by atoms with E-state index in [0.29, 0.717) is 6.54 Å². The number of aryl methyl sites for hydroxylation is 1. The van der Waals surface area contributed by atoms with Crippen molar-refractivity contribution in [3.8, 4) is 0 Å².